The first-order chi connectivity index (χ1) is 8.97. The van der Waals surface area contributed by atoms with E-state index >= 15 is 0 Å². The van der Waals surface area contributed by atoms with Gasteiger partial charge in [-0.05, 0) is 48.4 Å². The molecule has 0 saturated heterocycles. The number of halogens is 2. The molecule has 100 valence electrons. The van der Waals surface area contributed by atoms with Crippen LogP contribution in [-0.4, -0.2) is 4.21 Å². The maximum absolute atomic E-state index is 12.4. The third-order valence-electron chi connectivity index (χ3n) is 2.75. The Kier molecular flexibility index (Phi) is 4.50. The molecule has 0 saturated carbocycles. The van der Waals surface area contributed by atoms with Crippen LogP contribution in [0.4, 0.5) is 5.69 Å². The molecule has 1 atom stereocenters. The van der Waals surface area contributed by atoms with Gasteiger partial charge >= 0.3 is 0 Å². The van der Waals surface area contributed by atoms with Gasteiger partial charge in [-0.15, -0.1) is 0 Å². The highest BCUT2D eigenvalue weighted by molar-refractivity contribution is 7.84. The summed E-state index contributed by atoms with van der Waals surface area (Å²) in [6.07, 6.45) is 0. The Bertz CT molecular complexity index is 643. The molecule has 0 heterocycles. The summed E-state index contributed by atoms with van der Waals surface area (Å²) in [5.41, 5.74) is 8.06. The maximum Gasteiger partial charge on any atom is 0.0578 e. The summed E-state index contributed by atoms with van der Waals surface area (Å²) < 4.78 is 12.4. The number of hydrogen-bond donors (Lipinski definition) is 1. The number of aryl methyl sites for hydroxylation is 1. The normalized spacial score (nSPS) is 12.4. The molecule has 0 aliphatic carbocycles. The lowest BCUT2D eigenvalue weighted by Gasteiger charge is -2.08. The van der Waals surface area contributed by atoms with E-state index in [0.29, 0.717) is 21.5 Å². The lowest BCUT2D eigenvalue weighted by molar-refractivity contribution is 0.682. The van der Waals surface area contributed by atoms with E-state index in [4.69, 9.17) is 28.9 Å². The van der Waals surface area contributed by atoms with Gasteiger partial charge in [0.1, 0.15) is 0 Å². The van der Waals surface area contributed by atoms with Crippen molar-refractivity contribution in [2.75, 3.05) is 5.73 Å². The highest BCUT2D eigenvalue weighted by Gasteiger charge is 2.11. The Balaban J connectivity index is 2.30. The molecule has 2 aromatic carbocycles. The van der Waals surface area contributed by atoms with E-state index in [1.807, 2.05) is 13.0 Å². The molecule has 0 aliphatic rings. The maximum atomic E-state index is 12.4. The molecule has 2 rings (SSSR count). The first-order valence-electron chi connectivity index (χ1n) is 5.66. The Hall–Kier alpha value is -1.03. The molecule has 1 unspecified atom stereocenters. The van der Waals surface area contributed by atoms with Crippen LogP contribution in [-0.2, 0) is 16.6 Å². The van der Waals surface area contributed by atoms with E-state index in [1.54, 1.807) is 30.3 Å². The van der Waals surface area contributed by atoms with Crippen LogP contribution >= 0.6 is 23.2 Å². The number of anilines is 1. The topological polar surface area (TPSA) is 43.1 Å². The molecular weight excluding hydrogens is 301 g/mol. The predicted molar refractivity (Wildman–Crippen MR) is 82.2 cm³/mol. The summed E-state index contributed by atoms with van der Waals surface area (Å²) >= 11 is 12.0. The van der Waals surface area contributed by atoms with Gasteiger partial charge in [-0.1, -0.05) is 29.3 Å². The molecule has 0 spiro atoms. The van der Waals surface area contributed by atoms with Crippen LogP contribution in [0.3, 0.4) is 0 Å². The standard InChI is InChI=1S/C14H13Cl2NOS/c1-9-2-4-12(17)7-14(9)19(18)8-10-6-11(15)3-5-13(10)16/h2-7H,8,17H2,1H3. The van der Waals surface area contributed by atoms with E-state index in [2.05, 4.69) is 0 Å². The van der Waals surface area contributed by atoms with E-state index in [0.717, 1.165) is 16.0 Å². The van der Waals surface area contributed by atoms with Gasteiger partial charge in [0.15, 0.2) is 0 Å². The van der Waals surface area contributed by atoms with Gasteiger partial charge < -0.3 is 5.73 Å². The second-order valence-corrected chi connectivity index (χ2v) is 6.51. The zero-order valence-electron chi connectivity index (χ0n) is 10.3. The van der Waals surface area contributed by atoms with Gasteiger partial charge in [0.25, 0.3) is 0 Å². The summed E-state index contributed by atoms with van der Waals surface area (Å²) in [4.78, 5) is 0.732. The summed E-state index contributed by atoms with van der Waals surface area (Å²) in [5, 5.41) is 1.15. The van der Waals surface area contributed by atoms with Gasteiger partial charge in [-0.3, -0.25) is 4.21 Å². The first-order valence-corrected chi connectivity index (χ1v) is 7.73. The number of nitrogen functional groups attached to an aromatic ring is 1. The van der Waals surface area contributed by atoms with Crippen molar-refractivity contribution in [3.63, 3.8) is 0 Å². The van der Waals surface area contributed by atoms with Crippen molar-refractivity contribution >= 4 is 39.7 Å². The molecule has 2 aromatic rings. The van der Waals surface area contributed by atoms with Crippen molar-refractivity contribution in [3.05, 3.63) is 57.6 Å². The van der Waals surface area contributed by atoms with Crippen LogP contribution in [0.2, 0.25) is 10.0 Å². The zero-order chi connectivity index (χ0) is 14.0. The fourth-order valence-corrected chi connectivity index (χ4v) is 3.56. The minimum absolute atomic E-state index is 0.323. The fraction of sp³-hybridized carbons (Fsp3) is 0.143. The van der Waals surface area contributed by atoms with Crippen molar-refractivity contribution in [1.82, 2.24) is 0 Å². The molecule has 0 bridgehead atoms. The molecule has 0 aromatic heterocycles. The average Bonchev–Trinajstić information content (AvgIpc) is 2.36. The van der Waals surface area contributed by atoms with Crippen molar-refractivity contribution < 1.29 is 4.21 Å². The van der Waals surface area contributed by atoms with Crippen LogP contribution in [0, 0.1) is 6.92 Å². The van der Waals surface area contributed by atoms with Crippen LogP contribution < -0.4 is 5.73 Å². The van der Waals surface area contributed by atoms with E-state index in [-0.39, 0.29) is 0 Å². The number of rotatable bonds is 3. The molecule has 0 radical (unpaired) electrons. The Morgan fingerprint density at radius 1 is 1.16 bits per heavy atom. The van der Waals surface area contributed by atoms with Gasteiger partial charge in [0.2, 0.25) is 0 Å². The van der Waals surface area contributed by atoms with Crippen molar-refractivity contribution in [2.45, 2.75) is 17.6 Å². The molecule has 2 N–H and O–H groups in total. The smallest absolute Gasteiger partial charge is 0.0578 e. The van der Waals surface area contributed by atoms with Crippen LogP contribution in [0.5, 0.6) is 0 Å². The quantitative estimate of drug-likeness (QED) is 0.863. The third kappa shape index (κ3) is 3.50. The van der Waals surface area contributed by atoms with Crippen LogP contribution in [0.1, 0.15) is 11.1 Å². The van der Waals surface area contributed by atoms with Gasteiger partial charge in [-0.25, -0.2) is 0 Å². The summed E-state index contributed by atoms with van der Waals surface area (Å²) in [6, 6.07) is 10.6. The zero-order valence-corrected chi connectivity index (χ0v) is 12.6. The Labute approximate surface area is 125 Å². The lowest BCUT2D eigenvalue weighted by Crippen LogP contribution is -2.01. The van der Waals surface area contributed by atoms with Gasteiger partial charge in [0, 0.05) is 20.6 Å². The highest BCUT2D eigenvalue weighted by atomic mass is 35.5. The monoisotopic (exact) mass is 313 g/mol. The average molecular weight is 314 g/mol. The molecule has 0 amide bonds. The Morgan fingerprint density at radius 2 is 1.89 bits per heavy atom. The second-order valence-electron chi connectivity index (χ2n) is 4.25. The molecule has 2 nitrogen and oxygen atoms in total. The van der Waals surface area contributed by atoms with Gasteiger partial charge in [0.05, 0.1) is 16.6 Å². The van der Waals surface area contributed by atoms with Crippen molar-refractivity contribution in [3.8, 4) is 0 Å². The summed E-state index contributed by atoms with van der Waals surface area (Å²) in [7, 11) is -1.20. The number of nitrogens with two attached hydrogens (primary N) is 1. The van der Waals surface area contributed by atoms with Crippen molar-refractivity contribution in [2.24, 2.45) is 0 Å². The third-order valence-corrected chi connectivity index (χ3v) is 4.86. The molecule has 5 heteroatoms. The molecule has 0 fully saturated rings. The molecular formula is C14H13Cl2NOS. The highest BCUT2D eigenvalue weighted by Crippen LogP contribution is 2.25. The predicted octanol–water partition coefficient (Wildman–Crippen LogP) is 4.19. The molecule has 0 aliphatic heterocycles. The lowest BCUT2D eigenvalue weighted by atomic mass is 10.2. The largest absolute Gasteiger partial charge is 0.399 e. The Morgan fingerprint density at radius 3 is 2.63 bits per heavy atom. The van der Waals surface area contributed by atoms with Crippen molar-refractivity contribution in [1.29, 1.82) is 0 Å². The van der Waals surface area contributed by atoms with Crippen LogP contribution in [0.15, 0.2) is 41.3 Å². The van der Waals surface area contributed by atoms with Crippen LogP contribution in [0.25, 0.3) is 0 Å². The first kappa shape index (κ1) is 14.4. The second kappa shape index (κ2) is 5.95. The van der Waals surface area contributed by atoms with E-state index < -0.39 is 10.8 Å². The molecule has 19 heavy (non-hydrogen) atoms. The van der Waals surface area contributed by atoms with E-state index in [9.17, 15) is 4.21 Å². The number of benzene rings is 2. The number of hydrogen-bond acceptors (Lipinski definition) is 2. The SMILES string of the molecule is Cc1ccc(N)cc1S(=O)Cc1cc(Cl)ccc1Cl. The van der Waals surface area contributed by atoms with E-state index in [1.165, 1.54) is 0 Å². The summed E-state index contributed by atoms with van der Waals surface area (Å²) in [5.74, 6) is 0.323. The van der Waals surface area contributed by atoms with Gasteiger partial charge in [-0.2, -0.15) is 0 Å². The minimum Gasteiger partial charge on any atom is -0.399 e. The fourth-order valence-electron chi connectivity index (χ4n) is 1.73. The minimum atomic E-state index is -1.20. The summed E-state index contributed by atoms with van der Waals surface area (Å²) in [6.45, 7) is 1.91.